The molecule has 1 aromatic carbocycles. The van der Waals surface area contributed by atoms with E-state index in [1.807, 2.05) is 38.8 Å². The van der Waals surface area contributed by atoms with Gasteiger partial charge in [0, 0.05) is 19.7 Å². The molecule has 0 aliphatic carbocycles. The van der Waals surface area contributed by atoms with E-state index in [1.54, 1.807) is 12.1 Å². The molecule has 138 valence electrons. The van der Waals surface area contributed by atoms with Gasteiger partial charge in [-0.2, -0.15) is 0 Å². The highest BCUT2D eigenvalue weighted by Gasteiger charge is 2.40. The van der Waals surface area contributed by atoms with Crippen LogP contribution in [-0.2, 0) is 10.2 Å². The van der Waals surface area contributed by atoms with Crippen LogP contribution in [0.25, 0.3) is 0 Å². The molecule has 3 rings (SSSR count). The zero-order chi connectivity index (χ0) is 18.9. The Labute approximate surface area is 153 Å². The number of nitrogens with zero attached hydrogens (tertiary/aromatic N) is 3. The van der Waals surface area contributed by atoms with Crippen LogP contribution < -0.4 is 5.32 Å². The van der Waals surface area contributed by atoms with Gasteiger partial charge in [0.05, 0.1) is 17.2 Å². The van der Waals surface area contributed by atoms with Gasteiger partial charge in [0.2, 0.25) is 5.91 Å². The second kappa shape index (κ2) is 7.02. The first-order chi connectivity index (χ1) is 12.3. The van der Waals surface area contributed by atoms with E-state index in [1.165, 1.54) is 12.1 Å². The minimum atomic E-state index is -0.807. The summed E-state index contributed by atoms with van der Waals surface area (Å²) in [5, 5.41) is 3.04. The number of carbonyl (C=O) groups excluding carboxylic acids is 1. The topological polar surface area (TPSA) is 58.1 Å². The summed E-state index contributed by atoms with van der Waals surface area (Å²) >= 11 is 0. The number of carbonyl (C=O) groups is 1. The molecule has 0 saturated carbocycles. The summed E-state index contributed by atoms with van der Waals surface area (Å²) < 4.78 is 13.7. The monoisotopic (exact) mass is 356 g/mol. The Morgan fingerprint density at radius 2 is 2.08 bits per heavy atom. The lowest BCUT2D eigenvalue weighted by molar-refractivity contribution is -0.137. The van der Waals surface area contributed by atoms with Crippen LogP contribution in [0.3, 0.4) is 0 Å². The van der Waals surface area contributed by atoms with Gasteiger partial charge in [0.1, 0.15) is 17.5 Å². The Morgan fingerprint density at radius 1 is 1.31 bits per heavy atom. The van der Waals surface area contributed by atoms with Crippen molar-refractivity contribution in [3.8, 4) is 0 Å². The first-order valence-corrected chi connectivity index (χ1v) is 8.93. The molecule has 1 aliphatic rings. The van der Waals surface area contributed by atoms with Crippen molar-refractivity contribution in [1.82, 2.24) is 14.9 Å². The number of anilines is 1. The van der Waals surface area contributed by atoms with Crippen molar-refractivity contribution in [1.29, 1.82) is 0 Å². The maximum absolute atomic E-state index is 13.7. The Balaban J connectivity index is 1.92. The summed E-state index contributed by atoms with van der Waals surface area (Å²) in [4.78, 5) is 24.1. The number of hydrogen-bond acceptors (Lipinski definition) is 4. The van der Waals surface area contributed by atoms with Crippen molar-refractivity contribution < 1.29 is 9.18 Å². The van der Waals surface area contributed by atoms with Crippen molar-refractivity contribution in [2.45, 2.75) is 45.1 Å². The van der Waals surface area contributed by atoms with Crippen LogP contribution in [-0.4, -0.2) is 34.4 Å². The average Bonchev–Trinajstić information content (AvgIpc) is 3.10. The standard InChI is InChI=1S/C20H25FN4O/c1-13-23-16(12-18(22-4)24-13)17-9-6-10-25(17)19(26)20(2,3)14-7-5-8-15(21)11-14/h5,7-8,11-12,17H,6,9-10H2,1-4H3,(H,22,23,24). The summed E-state index contributed by atoms with van der Waals surface area (Å²) in [6.07, 6.45) is 1.79. The van der Waals surface area contributed by atoms with Crippen LogP contribution in [0.4, 0.5) is 10.2 Å². The molecule has 26 heavy (non-hydrogen) atoms. The van der Waals surface area contributed by atoms with Crippen LogP contribution in [0.15, 0.2) is 30.3 Å². The number of hydrogen-bond donors (Lipinski definition) is 1. The number of nitrogens with one attached hydrogen (secondary N) is 1. The van der Waals surface area contributed by atoms with E-state index >= 15 is 0 Å². The summed E-state index contributed by atoms with van der Waals surface area (Å²) in [5.41, 5.74) is 0.726. The summed E-state index contributed by atoms with van der Waals surface area (Å²) in [6, 6.07) is 8.11. The third-order valence-corrected chi connectivity index (χ3v) is 5.05. The molecule has 1 aliphatic heterocycles. The van der Waals surface area contributed by atoms with Crippen molar-refractivity contribution in [3.63, 3.8) is 0 Å². The number of amides is 1. The second-order valence-electron chi connectivity index (χ2n) is 7.27. The minimum Gasteiger partial charge on any atom is -0.373 e. The van der Waals surface area contributed by atoms with Gasteiger partial charge in [-0.05, 0) is 51.3 Å². The number of benzene rings is 1. The molecule has 1 atom stereocenters. The summed E-state index contributed by atoms with van der Waals surface area (Å²) in [6.45, 7) is 6.23. The van der Waals surface area contributed by atoms with Crippen LogP contribution in [0, 0.1) is 12.7 Å². The Kier molecular flexibility index (Phi) is 4.94. The molecule has 0 radical (unpaired) electrons. The van der Waals surface area contributed by atoms with Gasteiger partial charge in [-0.15, -0.1) is 0 Å². The van der Waals surface area contributed by atoms with Crippen molar-refractivity contribution in [2.75, 3.05) is 18.9 Å². The average molecular weight is 356 g/mol. The lowest BCUT2D eigenvalue weighted by atomic mass is 9.83. The fourth-order valence-corrected chi connectivity index (χ4v) is 3.57. The van der Waals surface area contributed by atoms with Crippen molar-refractivity contribution >= 4 is 11.7 Å². The molecular formula is C20H25FN4O. The van der Waals surface area contributed by atoms with E-state index < -0.39 is 5.41 Å². The van der Waals surface area contributed by atoms with E-state index in [4.69, 9.17) is 0 Å². The fraction of sp³-hybridized carbons (Fsp3) is 0.450. The second-order valence-corrected chi connectivity index (χ2v) is 7.27. The van der Waals surface area contributed by atoms with E-state index in [0.29, 0.717) is 17.9 Å². The Morgan fingerprint density at radius 3 is 2.77 bits per heavy atom. The van der Waals surface area contributed by atoms with Crippen LogP contribution in [0.2, 0.25) is 0 Å². The molecule has 0 bridgehead atoms. The molecule has 1 amide bonds. The molecule has 6 heteroatoms. The third-order valence-electron chi connectivity index (χ3n) is 5.05. The number of rotatable bonds is 4. The van der Waals surface area contributed by atoms with Gasteiger partial charge in [-0.25, -0.2) is 14.4 Å². The normalized spacial score (nSPS) is 17.4. The number of halogens is 1. The molecular weight excluding hydrogens is 331 g/mol. The van der Waals surface area contributed by atoms with Gasteiger partial charge in [0.15, 0.2) is 0 Å². The van der Waals surface area contributed by atoms with Crippen molar-refractivity contribution in [3.05, 3.63) is 53.2 Å². The van der Waals surface area contributed by atoms with E-state index in [9.17, 15) is 9.18 Å². The van der Waals surface area contributed by atoms with Gasteiger partial charge < -0.3 is 10.2 Å². The third kappa shape index (κ3) is 3.41. The maximum Gasteiger partial charge on any atom is 0.233 e. The van der Waals surface area contributed by atoms with E-state index in [-0.39, 0.29) is 17.8 Å². The summed E-state index contributed by atoms with van der Waals surface area (Å²) in [7, 11) is 1.82. The van der Waals surface area contributed by atoms with Crippen LogP contribution in [0.5, 0.6) is 0 Å². The highest BCUT2D eigenvalue weighted by Crippen LogP contribution is 2.36. The number of likely N-dealkylation sites (tertiary alicyclic amines) is 1. The molecule has 1 fully saturated rings. The smallest absolute Gasteiger partial charge is 0.233 e. The minimum absolute atomic E-state index is 0.00660. The van der Waals surface area contributed by atoms with E-state index in [0.717, 1.165) is 24.4 Å². The summed E-state index contributed by atoms with van der Waals surface area (Å²) in [5.74, 6) is 1.09. The van der Waals surface area contributed by atoms with E-state index in [2.05, 4.69) is 15.3 Å². The van der Waals surface area contributed by atoms with Gasteiger partial charge in [-0.3, -0.25) is 4.79 Å². The van der Waals surface area contributed by atoms with Gasteiger partial charge >= 0.3 is 0 Å². The maximum atomic E-state index is 13.7. The van der Waals surface area contributed by atoms with Crippen LogP contribution >= 0.6 is 0 Å². The predicted octanol–water partition coefficient (Wildman–Crippen LogP) is 3.61. The first kappa shape index (κ1) is 18.3. The predicted molar refractivity (Wildman–Crippen MR) is 99.4 cm³/mol. The van der Waals surface area contributed by atoms with Gasteiger partial charge in [-0.1, -0.05) is 12.1 Å². The molecule has 2 aromatic rings. The molecule has 5 nitrogen and oxygen atoms in total. The molecule has 1 aromatic heterocycles. The SMILES string of the molecule is CNc1cc(C2CCCN2C(=O)C(C)(C)c2cccc(F)c2)nc(C)n1. The lowest BCUT2D eigenvalue weighted by Gasteiger charge is -2.33. The molecule has 2 heterocycles. The molecule has 1 saturated heterocycles. The zero-order valence-electron chi connectivity index (χ0n) is 15.7. The quantitative estimate of drug-likeness (QED) is 0.909. The highest BCUT2D eigenvalue weighted by molar-refractivity contribution is 5.88. The Hall–Kier alpha value is -2.50. The van der Waals surface area contributed by atoms with Crippen LogP contribution in [0.1, 0.15) is 49.8 Å². The largest absolute Gasteiger partial charge is 0.373 e. The zero-order valence-corrected chi connectivity index (χ0v) is 15.7. The highest BCUT2D eigenvalue weighted by atomic mass is 19.1. The first-order valence-electron chi connectivity index (χ1n) is 8.93. The lowest BCUT2D eigenvalue weighted by Crippen LogP contribution is -2.43. The fourth-order valence-electron chi connectivity index (χ4n) is 3.57. The Bertz CT molecular complexity index is 821. The number of aryl methyl sites for hydroxylation is 1. The van der Waals surface area contributed by atoms with Gasteiger partial charge in [0.25, 0.3) is 0 Å². The number of aromatic nitrogens is 2. The molecule has 1 unspecified atom stereocenters. The van der Waals surface area contributed by atoms with Crippen molar-refractivity contribution in [2.24, 2.45) is 0 Å². The molecule has 0 spiro atoms. The molecule has 1 N–H and O–H groups in total.